The molecule has 1 heterocycles. The summed E-state index contributed by atoms with van der Waals surface area (Å²) in [4.78, 5) is 3.77. The summed E-state index contributed by atoms with van der Waals surface area (Å²) in [6.07, 6.45) is 2.67. The van der Waals surface area contributed by atoms with E-state index < -0.39 is 0 Å². The fourth-order valence-corrected chi connectivity index (χ4v) is 3.67. The van der Waals surface area contributed by atoms with Crippen LogP contribution in [0.3, 0.4) is 0 Å². The van der Waals surface area contributed by atoms with Crippen molar-refractivity contribution < 1.29 is 0 Å². The standard InChI is InChI=1S/C17H25NS/c1-13(2)17(18-11-7-8-12-18)16(14(3)19)15-9-5-4-6-10-15/h4-6,9-10,13,16-17H,7-8,11-12H2,1-3H3/t16-,17+/m1/s1. The van der Waals surface area contributed by atoms with Crippen LogP contribution in [0.25, 0.3) is 0 Å². The summed E-state index contributed by atoms with van der Waals surface area (Å²) in [6.45, 7) is 9.23. The summed E-state index contributed by atoms with van der Waals surface area (Å²) < 4.78 is 0. The van der Waals surface area contributed by atoms with Crippen LogP contribution in [0.15, 0.2) is 30.3 Å². The molecule has 2 heteroatoms. The summed E-state index contributed by atoms with van der Waals surface area (Å²) in [5, 5.41) is 0. The van der Waals surface area contributed by atoms with Gasteiger partial charge in [-0.15, -0.1) is 0 Å². The van der Waals surface area contributed by atoms with Crippen LogP contribution in [0, 0.1) is 5.92 Å². The van der Waals surface area contributed by atoms with E-state index in [4.69, 9.17) is 12.2 Å². The average molecular weight is 275 g/mol. The molecular formula is C17H25NS. The number of hydrogen-bond donors (Lipinski definition) is 0. The Kier molecular flexibility index (Phi) is 5.12. The van der Waals surface area contributed by atoms with Crippen LogP contribution in [0.5, 0.6) is 0 Å². The van der Waals surface area contributed by atoms with Crippen LogP contribution in [0.4, 0.5) is 0 Å². The molecule has 1 aliphatic rings. The predicted octanol–water partition coefficient (Wildman–Crippen LogP) is 4.28. The molecule has 2 atom stereocenters. The first-order valence-corrected chi connectivity index (χ1v) is 7.81. The number of benzene rings is 1. The highest BCUT2D eigenvalue weighted by Gasteiger charge is 2.33. The molecule has 0 saturated carbocycles. The van der Waals surface area contributed by atoms with Gasteiger partial charge in [0.25, 0.3) is 0 Å². The lowest BCUT2D eigenvalue weighted by atomic mass is 9.82. The van der Waals surface area contributed by atoms with Crippen LogP contribution < -0.4 is 0 Å². The molecule has 19 heavy (non-hydrogen) atoms. The van der Waals surface area contributed by atoms with Crippen LogP contribution in [-0.4, -0.2) is 28.9 Å². The highest BCUT2D eigenvalue weighted by Crippen LogP contribution is 2.32. The van der Waals surface area contributed by atoms with Gasteiger partial charge in [0.05, 0.1) is 0 Å². The fourth-order valence-electron chi connectivity index (χ4n) is 3.39. The summed E-state index contributed by atoms with van der Waals surface area (Å²) >= 11 is 5.60. The van der Waals surface area contributed by atoms with Crippen molar-refractivity contribution in [2.45, 2.75) is 45.6 Å². The minimum atomic E-state index is 0.384. The molecule has 1 aromatic rings. The molecule has 0 aliphatic carbocycles. The normalized spacial score (nSPS) is 19.6. The smallest absolute Gasteiger partial charge is 0.0308 e. The molecule has 0 bridgehead atoms. The fraction of sp³-hybridized carbons (Fsp3) is 0.588. The predicted molar refractivity (Wildman–Crippen MR) is 86.9 cm³/mol. The van der Waals surface area contributed by atoms with E-state index in [9.17, 15) is 0 Å². The molecule has 0 unspecified atom stereocenters. The highest BCUT2D eigenvalue weighted by molar-refractivity contribution is 7.80. The molecule has 0 spiro atoms. The molecule has 0 N–H and O–H groups in total. The second-order valence-corrected chi connectivity index (χ2v) is 6.62. The molecule has 1 nitrogen and oxygen atoms in total. The molecule has 2 rings (SSSR count). The van der Waals surface area contributed by atoms with E-state index in [1.165, 1.54) is 31.5 Å². The first-order chi connectivity index (χ1) is 9.11. The zero-order valence-electron chi connectivity index (χ0n) is 12.3. The maximum Gasteiger partial charge on any atom is 0.0308 e. The van der Waals surface area contributed by atoms with Crippen molar-refractivity contribution in [3.05, 3.63) is 35.9 Å². The second kappa shape index (κ2) is 6.62. The number of nitrogens with zero attached hydrogens (tertiary/aromatic N) is 1. The third-order valence-corrected chi connectivity index (χ3v) is 4.44. The SMILES string of the molecule is CC(=S)[C@H](c1ccccc1)[C@H](C(C)C)N1CCCC1. The van der Waals surface area contributed by atoms with Gasteiger partial charge in [-0.2, -0.15) is 0 Å². The van der Waals surface area contributed by atoms with Crippen molar-refractivity contribution in [2.24, 2.45) is 5.92 Å². The van der Waals surface area contributed by atoms with Gasteiger partial charge >= 0.3 is 0 Å². The van der Waals surface area contributed by atoms with E-state index in [0.29, 0.717) is 17.9 Å². The van der Waals surface area contributed by atoms with E-state index in [1.807, 2.05) is 0 Å². The van der Waals surface area contributed by atoms with Gasteiger partial charge in [0.2, 0.25) is 0 Å². The van der Waals surface area contributed by atoms with Crippen LogP contribution >= 0.6 is 12.2 Å². The Bertz CT molecular complexity index is 407. The Morgan fingerprint density at radius 1 is 1.11 bits per heavy atom. The molecule has 1 fully saturated rings. The Labute approximate surface area is 123 Å². The van der Waals surface area contributed by atoms with Gasteiger partial charge in [0, 0.05) is 12.0 Å². The van der Waals surface area contributed by atoms with Crippen molar-refractivity contribution in [3.63, 3.8) is 0 Å². The van der Waals surface area contributed by atoms with Gasteiger partial charge < -0.3 is 0 Å². The molecule has 0 amide bonds. The highest BCUT2D eigenvalue weighted by atomic mass is 32.1. The van der Waals surface area contributed by atoms with Crippen LogP contribution in [-0.2, 0) is 0 Å². The van der Waals surface area contributed by atoms with Crippen LogP contribution in [0.1, 0.15) is 45.1 Å². The number of hydrogen-bond acceptors (Lipinski definition) is 2. The monoisotopic (exact) mass is 275 g/mol. The molecule has 1 saturated heterocycles. The van der Waals surface area contributed by atoms with Crippen molar-refractivity contribution >= 4 is 17.1 Å². The third kappa shape index (κ3) is 3.43. The summed E-state index contributed by atoms with van der Waals surface area (Å²) in [6, 6.07) is 11.3. The van der Waals surface area contributed by atoms with E-state index in [1.54, 1.807) is 0 Å². The lowest BCUT2D eigenvalue weighted by Crippen LogP contribution is -2.43. The molecule has 104 valence electrons. The largest absolute Gasteiger partial charge is 0.299 e. The molecule has 1 aliphatic heterocycles. The molecular weight excluding hydrogens is 250 g/mol. The number of rotatable bonds is 5. The van der Waals surface area contributed by atoms with E-state index in [0.717, 1.165) is 4.86 Å². The Morgan fingerprint density at radius 3 is 2.16 bits per heavy atom. The minimum Gasteiger partial charge on any atom is -0.299 e. The lowest BCUT2D eigenvalue weighted by molar-refractivity contribution is 0.181. The molecule has 1 aromatic carbocycles. The zero-order valence-corrected chi connectivity index (χ0v) is 13.1. The van der Waals surface area contributed by atoms with Crippen molar-refractivity contribution in [3.8, 4) is 0 Å². The maximum atomic E-state index is 5.60. The first kappa shape index (κ1) is 14.7. The van der Waals surface area contributed by atoms with Crippen molar-refractivity contribution in [1.82, 2.24) is 4.90 Å². The lowest BCUT2D eigenvalue weighted by Gasteiger charge is -2.37. The topological polar surface area (TPSA) is 3.24 Å². The van der Waals surface area contributed by atoms with Gasteiger partial charge in [-0.3, -0.25) is 4.90 Å². The Morgan fingerprint density at radius 2 is 1.68 bits per heavy atom. The number of thiocarbonyl (C=S) groups is 1. The first-order valence-electron chi connectivity index (χ1n) is 7.40. The van der Waals surface area contributed by atoms with Gasteiger partial charge in [-0.25, -0.2) is 0 Å². The maximum absolute atomic E-state index is 5.60. The third-order valence-electron chi connectivity index (χ3n) is 4.18. The van der Waals surface area contributed by atoms with Crippen LogP contribution in [0.2, 0.25) is 0 Å². The Hall–Kier alpha value is -0.730. The van der Waals surface area contributed by atoms with Gasteiger partial charge in [-0.1, -0.05) is 56.4 Å². The zero-order chi connectivity index (χ0) is 13.8. The summed E-state index contributed by atoms with van der Waals surface area (Å²) in [5.41, 5.74) is 1.38. The second-order valence-electron chi connectivity index (χ2n) is 5.98. The van der Waals surface area contributed by atoms with E-state index in [2.05, 4.69) is 56.0 Å². The molecule has 0 radical (unpaired) electrons. The van der Waals surface area contributed by atoms with Gasteiger partial charge in [0.15, 0.2) is 0 Å². The van der Waals surface area contributed by atoms with E-state index in [-0.39, 0.29) is 0 Å². The van der Waals surface area contributed by atoms with Gasteiger partial charge in [0.1, 0.15) is 0 Å². The summed E-state index contributed by atoms with van der Waals surface area (Å²) in [7, 11) is 0. The van der Waals surface area contributed by atoms with Gasteiger partial charge in [-0.05, 0) is 49.2 Å². The Balaban J connectivity index is 2.32. The quantitative estimate of drug-likeness (QED) is 0.738. The minimum absolute atomic E-state index is 0.384. The van der Waals surface area contributed by atoms with Crippen molar-refractivity contribution in [1.29, 1.82) is 0 Å². The molecule has 0 aromatic heterocycles. The average Bonchev–Trinajstić information content (AvgIpc) is 2.89. The van der Waals surface area contributed by atoms with Crippen molar-refractivity contribution in [2.75, 3.05) is 13.1 Å². The summed E-state index contributed by atoms with van der Waals surface area (Å²) in [5.74, 6) is 1.01. The van der Waals surface area contributed by atoms with E-state index >= 15 is 0 Å². The number of likely N-dealkylation sites (tertiary alicyclic amines) is 1.